The number of ether oxygens (including phenoxy) is 1. The average molecular weight is 228 g/mol. The molecular weight excluding hydrogens is 214 g/mol. The van der Waals surface area contributed by atoms with Crippen LogP contribution in [-0.4, -0.2) is 31.0 Å². The summed E-state index contributed by atoms with van der Waals surface area (Å²) in [6.45, 7) is 1.70. The summed E-state index contributed by atoms with van der Waals surface area (Å²) in [7, 11) is 3.38. The van der Waals surface area contributed by atoms with Gasteiger partial charge in [0.1, 0.15) is 5.75 Å². The number of carbonyl (C=O) groups excluding carboxylic acids is 1. The lowest BCUT2D eigenvalue weighted by Crippen LogP contribution is -2.35. The lowest BCUT2D eigenvalue weighted by molar-refractivity contribution is -0.135. The zero-order chi connectivity index (χ0) is 11.4. The Morgan fingerprint density at radius 1 is 1.40 bits per heavy atom. The maximum atomic E-state index is 11.5. The van der Waals surface area contributed by atoms with Gasteiger partial charge in [0.15, 0.2) is 6.10 Å². The lowest BCUT2D eigenvalue weighted by atomic mass is 10.3. The van der Waals surface area contributed by atoms with Crippen molar-refractivity contribution < 1.29 is 9.53 Å². The van der Waals surface area contributed by atoms with E-state index in [-0.39, 0.29) is 5.91 Å². The van der Waals surface area contributed by atoms with Crippen LogP contribution in [-0.2, 0) is 4.79 Å². The van der Waals surface area contributed by atoms with Gasteiger partial charge in [-0.1, -0.05) is 23.7 Å². The van der Waals surface area contributed by atoms with E-state index in [4.69, 9.17) is 16.3 Å². The molecule has 0 N–H and O–H groups in total. The second kappa shape index (κ2) is 5.03. The first-order chi connectivity index (χ1) is 7.02. The summed E-state index contributed by atoms with van der Waals surface area (Å²) in [4.78, 5) is 13.0. The molecule has 0 aromatic heterocycles. The Hall–Kier alpha value is -1.22. The molecule has 0 bridgehead atoms. The van der Waals surface area contributed by atoms with E-state index in [9.17, 15) is 4.79 Å². The van der Waals surface area contributed by atoms with Crippen LogP contribution >= 0.6 is 11.6 Å². The number of hydrogen-bond acceptors (Lipinski definition) is 2. The molecule has 15 heavy (non-hydrogen) atoms. The van der Waals surface area contributed by atoms with Gasteiger partial charge in [-0.2, -0.15) is 0 Å². The highest BCUT2D eigenvalue weighted by Gasteiger charge is 2.17. The Morgan fingerprint density at radius 3 is 2.53 bits per heavy atom. The van der Waals surface area contributed by atoms with E-state index >= 15 is 0 Å². The first kappa shape index (κ1) is 11.9. The van der Waals surface area contributed by atoms with Crippen molar-refractivity contribution in [3.8, 4) is 5.75 Å². The lowest BCUT2D eigenvalue weighted by Gasteiger charge is -2.18. The van der Waals surface area contributed by atoms with Crippen LogP contribution in [0, 0.1) is 0 Å². The largest absolute Gasteiger partial charge is 0.479 e. The van der Waals surface area contributed by atoms with E-state index in [0.717, 1.165) is 0 Å². The molecule has 0 aliphatic rings. The van der Waals surface area contributed by atoms with Crippen molar-refractivity contribution in [1.82, 2.24) is 4.90 Å². The van der Waals surface area contributed by atoms with E-state index in [1.54, 1.807) is 33.2 Å². The van der Waals surface area contributed by atoms with Crippen molar-refractivity contribution in [2.75, 3.05) is 14.1 Å². The molecule has 0 fully saturated rings. The van der Waals surface area contributed by atoms with Crippen molar-refractivity contribution in [1.29, 1.82) is 0 Å². The second-order valence-electron chi connectivity index (χ2n) is 3.42. The normalized spacial score (nSPS) is 12.0. The maximum Gasteiger partial charge on any atom is 0.262 e. The van der Waals surface area contributed by atoms with Gasteiger partial charge < -0.3 is 9.64 Å². The molecule has 0 heterocycles. The van der Waals surface area contributed by atoms with Gasteiger partial charge in [-0.15, -0.1) is 0 Å². The summed E-state index contributed by atoms with van der Waals surface area (Å²) >= 11 is 5.90. The number of nitrogens with zero attached hydrogens (tertiary/aromatic N) is 1. The molecule has 0 radical (unpaired) electrons. The molecule has 0 saturated heterocycles. The SMILES string of the molecule is CC(Oc1ccccc1Cl)C(=O)N(C)C. The summed E-state index contributed by atoms with van der Waals surface area (Å²) in [6.07, 6.45) is -0.528. The van der Waals surface area contributed by atoms with E-state index in [0.29, 0.717) is 10.8 Å². The Kier molecular flexibility index (Phi) is 3.97. The van der Waals surface area contributed by atoms with Gasteiger partial charge in [0.05, 0.1) is 5.02 Å². The van der Waals surface area contributed by atoms with Crippen LogP contribution < -0.4 is 4.74 Å². The number of likely N-dealkylation sites (N-methyl/N-ethyl adjacent to an activating group) is 1. The van der Waals surface area contributed by atoms with Crippen LogP contribution in [0.2, 0.25) is 5.02 Å². The predicted octanol–water partition coefficient (Wildman–Crippen LogP) is 2.20. The Labute approximate surface area is 94.6 Å². The molecule has 4 heteroatoms. The van der Waals surface area contributed by atoms with Crippen molar-refractivity contribution in [2.24, 2.45) is 0 Å². The second-order valence-corrected chi connectivity index (χ2v) is 3.83. The highest BCUT2D eigenvalue weighted by atomic mass is 35.5. The first-order valence-corrected chi connectivity index (χ1v) is 5.02. The zero-order valence-electron chi connectivity index (χ0n) is 9.03. The highest BCUT2D eigenvalue weighted by Crippen LogP contribution is 2.24. The summed E-state index contributed by atoms with van der Waals surface area (Å²) < 4.78 is 5.45. The van der Waals surface area contributed by atoms with Gasteiger partial charge in [0.25, 0.3) is 5.91 Å². The van der Waals surface area contributed by atoms with Crippen LogP contribution in [0.4, 0.5) is 0 Å². The Balaban J connectivity index is 2.71. The number of rotatable bonds is 3. The average Bonchev–Trinajstić information content (AvgIpc) is 2.20. The molecule has 82 valence electrons. The van der Waals surface area contributed by atoms with Gasteiger partial charge in [-0.05, 0) is 19.1 Å². The predicted molar refractivity (Wildman–Crippen MR) is 60.2 cm³/mol. The summed E-state index contributed by atoms with van der Waals surface area (Å²) in [5, 5.41) is 0.510. The summed E-state index contributed by atoms with van der Waals surface area (Å²) in [6, 6.07) is 7.09. The fourth-order valence-corrected chi connectivity index (χ4v) is 1.33. The number of carbonyl (C=O) groups is 1. The van der Waals surface area contributed by atoms with Crippen LogP contribution in [0.15, 0.2) is 24.3 Å². The number of para-hydroxylation sites is 1. The highest BCUT2D eigenvalue weighted by molar-refractivity contribution is 6.32. The van der Waals surface area contributed by atoms with Gasteiger partial charge in [0, 0.05) is 14.1 Å². The fourth-order valence-electron chi connectivity index (χ4n) is 1.14. The molecule has 1 unspecified atom stereocenters. The molecule has 0 aliphatic heterocycles. The Bertz CT molecular complexity index is 352. The molecule has 1 amide bonds. The number of benzene rings is 1. The third kappa shape index (κ3) is 3.13. The minimum Gasteiger partial charge on any atom is -0.479 e. The first-order valence-electron chi connectivity index (χ1n) is 4.64. The fraction of sp³-hybridized carbons (Fsp3) is 0.364. The van der Waals surface area contributed by atoms with Crippen LogP contribution in [0.25, 0.3) is 0 Å². The third-order valence-corrected chi connectivity index (χ3v) is 2.24. The van der Waals surface area contributed by atoms with E-state index in [1.807, 2.05) is 12.1 Å². The smallest absolute Gasteiger partial charge is 0.262 e. The zero-order valence-corrected chi connectivity index (χ0v) is 9.78. The van der Waals surface area contributed by atoms with Crippen molar-refractivity contribution in [2.45, 2.75) is 13.0 Å². The molecule has 0 spiro atoms. The molecule has 1 atom stereocenters. The van der Waals surface area contributed by atoms with Crippen LogP contribution in [0.3, 0.4) is 0 Å². The van der Waals surface area contributed by atoms with Gasteiger partial charge in [-0.25, -0.2) is 0 Å². The van der Waals surface area contributed by atoms with Gasteiger partial charge >= 0.3 is 0 Å². The molecule has 3 nitrogen and oxygen atoms in total. The monoisotopic (exact) mass is 227 g/mol. The molecular formula is C11H14ClNO2. The summed E-state index contributed by atoms with van der Waals surface area (Å²) in [5.41, 5.74) is 0. The number of amides is 1. The Morgan fingerprint density at radius 2 is 2.00 bits per heavy atom. The van der Waals surface area contributed by atoms with E-state index in [1.165, 1.54) is 4.90 Å². The molecule has 0 saturated carbocycles. The number of halogens is 1. The number of hydrogen-bond donors (Lipinski definition) is 0. The minimum atomic E-state index is -0.528. The minimum absolute atomic E-state index is 0.0880. The molecule has 1 aromatic rings. The third-order valence-electron chi connectivity index (χ3n) is 1.93. The van der Waals surface area contributed by atoms with Crippen molar-refractivity contribution >= 4 is 17.5 Å². The van der Waals surface area contributed by atoms with Gasteiger partial charge in [0.2, 0.25) is 0 Å². The van der Waals surface area contributed by atoms with Gasteiger partial charge in [-0.3, -0.25) is 4.79 Å². The quantitative estimate of drug-likeness (QED) is 0.792. The topological polar surface area (TPSA) is 29.5 Å². The standard InChI is InChI=1S/C11H14ClNO2/c1-8(11(14)13(2)3)15-10-7-5-4-6-9(10)12/h4-8H,1-3H3. The van der Waals surface area contributed by atoms with E-state index in [2.05, 4.69) is 0 Å². The van der Waals surface area contributed by atoms with Crippen LogP contribution in [0.1, 0.15) is 6.92 Å². The maximum absolute atomic E-state index is 11.5. The molecule has 1 rings (SSSR count). The van der Waals surface area contributed by atoms with Crippen LogP contribution in [0.5, 0.6) is 5.75 Å². The van der Waals surface area contributed by atoms with E-state index < -0.39 is 6.10 Å². The van der Waals surface area contributed by atoms with Crippen molar-refractivity contribution in [3.63, 3.8) is 0 Å². The molecule has 1 aromatic carbocycles. The molecule has 0 aliphatic carbocycles. The van der Waals surface area contributed by atoms with Crippen molar-refractivity contribution in [3.05, 3.63) is 29.3 Å². The summed E-state index contributed by atoms with van der Waals surface area (Å²) in [5.74, 6) is 0.441.